The largest absolute Gasteiger partial charge is 0.0654 e. The summed E-state index contributed by atoms with van der Waals surface area (Å²) in [6.07, 6.45) is 58.4. The molecule has 0 aliphatic heterocycles. The second-order valence-electron chi connectivity index (χ2n) is 16.5. The number of unbranched alkanes of at least 4 members (excludes halogenated alkanes) is 35. The van der Waals surface area contributed by atoms with Crippen molar-refractivity contribution in [2.45, 2.75) is 277 Å². The van der Waals surface area contributed by atoms with Gasteiger partial charge in [-0.2, -0.15) is 0 Å². The zero-order chi connectivity index (χ0) is 35.8. The van der Waals surface area contributed by atoms with Gasteiger partial charge in [-0.1, -0.05) is 264 Å². The highest BCUT2D eigenvalue weighted by molar-refractivity contribution is 5.36. The van der Waals surface area contributed by atoms with E-state index in [4.69, 9.17) is 0 Å². The predicted molar refractivity (Wildman–Crippen MR) is 230 cm³/mol. The monoisotopic (exact) mass is 694 g/mol. The first-order valence-electron chi connectivity index (χ1n) is 23.7. The van der Waals surface area contributed by atoms with Crippen molar-refractivity contribution >= 4 is 0 Å². The highest BCUT2D eigenvalue weighted by Crippen LogP contribution is 2.23. The molecule has 293 valence electrons. The molecular formula is C50H93. The van der Waals surface area contributed by atoms with Crippen LogP contribution in [-0.4, -0.2) is 0 Å². The van der Waals surface area contributed by atoms with Crippen molar-refractivity contribution in [2.24, 2.45) is 0 Å². The van der Waals surface area contributed by atoms with E-state index in [0.717, 1.165) is 6.42 Å². The molecule has 0 unspecified atom stereocenters. The molecule has 0 fully saturated rings. The maximum Gasteiger partial charge on any atom is -0.0273 e. The lowest BCUT2D eigenvalue weighted by molar-refractivity contribution is 0.524. The van der Waals surface area contributed by atoms with E-state index in [1.54, 1.807) is 16.7 Å². The van der Waals surface area contributed by atoms with Crippen LogP contribution in [0.4, 0.5) is 0 Å². The molecule has 0 heteroatoms. The van der Waals surface area contributed by atoms with Gasteiger partial charge in [0.25, 0.3) is 0 Å². The summed E-state index contributed by atoms with van der Waals surface area (Å²) in [4.78, 5) is 0. The standard InChI is InChI=1S/C50H93/c1-4-7-10-12-14-16-18-20-22-24-26-28-30-32-34-36-38-40-43-48-45-42-46-49(50(48)47-9-6-3)44-41-39-37-35-33-31-29-27-25-23-21-19-17-15-13-11-8-5-2/h42,45-46H,3-41,43-44,47H2,1-2H3. The van der Waals surface area contributed by atoms with Crippen LogP contribution in [0.15, 0.2) is 18.2 Å². The van der Waals surface area contributed by atoms with Crippen molar-refractivity contribution in [3.05, 3.63) is 41.8 Å². The van der Waals surface area contributed by atoms with Gasteiger partial charge in [-0.3, -0.25) is 0 Å². The third-order valence-electron chi connectivity index (χ3n) is 11.6. The normalized spacial score (nSPS) is 11.6. The van der Waals surface area contributed by atoms with Crippen LogP contribution in [0.1, 0.15) is 275 Å². The van der Waals surface area contributed by atoms with Crippen molar-refractivity contribution in [1.82, 2.24) is 0 Å². The summed E-state index contributed by atoms with van der Waals surface area (Å²) in [7, 11) is 0. The third kappa shape index (κ3) is 30.8. The van der Waals surface area contributed by atoms with E-state index < -0.39 is 0 Å². The summed E-state index contributed by atoms with van der Waals surface area (Å²) < 4.78 is 0. The fourth-order valence-electron chi connectivity index (χ4n) is 8.21. The van der Waals surface area contributed by atoms with Gasteiger partial charge in [0.05, 0.1) is 0 Å². The SMILES string of the molecule is [CH2]CCCc1c(CCCCCCCCCCCCCCCCCCCC)cccc1CCCCCCCCCCCCCCCCCCCC. The fourth-order valence-corrected chi connectivity index (χ4v) is 8.21. The maximum absolute atomic E-state index is 4.17. The van der Waals surface area contributed by atoms with E-state index in [-0.39, 0.29) is 0 Å². The van der Waals surface area contributed by atoms with E-state index >= 15 is 0 Å². The zero-order valence-electron chi connectivity index (χ0n) is 34.9. The topological polar surface area (TPSA) is 0 Å². The van der Waals surface area contributed by atoms with Crippen LogP contribution >= 0.6 is 0 Å². The Morgan fingerprint density at radius 3 is 0.780 bits per heavy atom. The van der Waals surface area contributed by atoms with E-state index in [9.17, 15) is 0 Å². The maximum atomic E-state index is 4.17. The lowest BCUT2D eigenvalue weighted by Crippen LogP contribution is -2.02. The molecule has 1 aromatic rings. The Kier molecular flexibility index (Phi) is 37.3. The first-order chi connectivity index (χ1) is 24.8. The average molecular weight is 694 g/mol. The lowest BCUT2D eigenvalue weighted by atomic mass is 9.90. The second-order valence-corrected chi connectivity index (χ2v) is 16.5. The van der Waals surface area contributed by atoms with Gasteiger partial charge in [0.15, 0.2) is 0 Å². The molecular weight excluding hydrogens is 601 g/mol. The number of rotatable bonds is 41. The number of hydrogen-bond acceptors (Lipinski definition) is 0. The smallest absolute Gasteiger partial charge is 0.0273 e. The summed E-state index contributed by atoms with van der Waals surface area (Å²) in [5, 5.41) is 0. The molecule has 0 aromatic heterocycles. The molecule has 0 nitrogen and oxygen atoms in total. The van der Waals surface area contributed by atoms with E-state index in [0.29, 0.717) is 0 Å². The summed E-state index contributed by atoms with van der Waals surface area (Å²) in [5.74, 6) is 0. The van der Waals surface area contributed by atoms with Crippen molar-refractivity contribution < 1.29 is 0 Å². The minimum absolute atomic E-state index is 1.06. The Labute approximate surface area is 317 Å². The Morgan fingerprint density at radius 1 is 0.300 bits per heavy atom. The van der Waals surface area contributed by atoms with Crippen LogP contribution in [0, 0.1) is 6.92 Å². The van der Waals surface area contributed by atoms with Crippen molar-refractivity contribution in [3.8, 4) is 0 Å². The first-order valence-corrected chi connectivity index (χ1v) is 23.7. The van der Waals surface area contributed by atoms with Gasteiger partial charge < -0.3 is 0 Å². The lowest BCUT2D eigenvalue weighted by Gasteiger charge is -2.15. The number of hydrogen-bond donors (Lipinski definition) is 0. The Hall–Kier alpha value is -0.780. The van der Waals surface area contributed by atoms with Gasteiger partial charge in [0.2, 0.25) is 0 Å². The fraction of sp³-hybridized carbons (Fsp3) is 0.860. The van der Waals surface area contributed by atoms with Crippen LogP contribution in [0.3, 0.4) is 0 Å². The van der Waals surface area contributed by atoms with Gasteiger partial charge in [-0.15, -0.1) is 0 Å². The average Bonchev–Trinajstić information content (AvgIpc) is 3.13. The molecule has 1 radical (unpaired) electrons. The molecule has 0 spiro atoms. The summed E-state index contributed by atoms with van der Waals surface area (Å²) in [6.45, 7) is 8.79. The van der Waals surface area contributed by atoms with Crippen LogP contribution in [0.25, 0.3) is 0 Å². The minimum Gasteiger partial charge on any atom is -0.0654 e. The Bertz CT molecular complexity index is 718. The van der Waals surface area contributed by atoms with Crippen LogP contribution in [0.2, 0.25) is 0 Å². The van der Waals surface area contributed by atoms with Crippen LogP contribution in [-0.2, 0) is 19.3 Å². The molecule has 1 rings (SSSR count). The molecule has 0 aliphatic rings. The highest BCUT2D eigenvalue weighted by Gasteiger charge is 2.09. The van der Waals surface area contributed by atoms with Crippen molar-refractivity contribution in [2.75, 3.05) is 0 Å². The zero-order valence-corrected chi connectivity index (χ0v) is 34.9. The van der Waals surface area contributed by atoms with Gasteiger partial charge in [0.1, 0.15) is 0 Å². The molecule has 0 bridgehead atoms. The van der Waals surface area contributed by atoms with Gasteiger partial charge >= 0.3 is 0 Å². The molecule has 0 N–H and O–H groups in total. The summed E-state index contributed by atoms with van der Waals surface area (Å²) >= 11 is 0. The van der Waals surface area contributed by atoms with Crippen molar-refractivity contribution in [1.29, 1.82) is 0 Å². The summed E-state index contributed by atoms with van der Waals surface area (Å²) in [5.41, 5.74) is 5.03. The molecule has 1 aromatic carbocycles. The van der Waals surface area contributed by atoms with E-state index in [1.807, 2.05) is 0 Å². The predicted octanol–water partition coefficient (Wildman–Crippen LogP) is 18.0. The quantitative estimate of drug-likeness (QED) is 0.0599. The van der Waals surface area contributed by atoms with E-state index in [1.165, 1.54) is 257 Å². The molecule has 0 saturated carbocycles. The molecule has 0 saturated heterocycles. The minimum atomic E-state index is 1.06. The Balaban J connectivity index is 2.04. The molecule has 0 heterocycles. The van der Waals surface area contributed by atoms with Crippen molar-refractivity contribution in [3.63, 3.8) is 0 Å². The van der Waals surface area contributed by atoms with Gasteiger partial charge in [-0.05, 0) is 55.2 Å². The van der Waals surface area contributed by atoms with Gasteiger partial charge in [0, 0.05) is 0 Å². The molecule has 0 aliphatic carbocycles. The first kappa shape index (κ1) is 47.2. The molecule has 0 atom stereocenters. The highest BCUT2D eigenvalue weighted by atomic mass is 14.1. The molecule has 50 heavy (non-hydrogen) atoms. The Morgan fingerprint density at radius 2 is 0.540 bits per heavy atom. The van der Waals surface area contributed by atoms with Crippen LogP contribution < -0.4 is 0 Å². The molecule has 0 amide bonds. The van der Waals surface area contributed by atoms with Crippen LogP contribution in [0.5, 0.6) is 0 Å². The van der Waals surface area contributed by atoms with E-state index in [2.05, 4.69) is 39.0 Å². The van der Waals surface area contributed by atoms with Gasteiger partial charge in [-0.25, -0.2) is 0 Å². The summed E-state index contributed by atoms with van der Waals surface area (Å²) in [6, 6.07) is 7.26. The third-order valence-corrected chi connectivity index (χ3v) is 11.6. The number of aryl methyl sites for hydroxylation is 2. The number of benzene rings is 1. The second kappa shape index (κ2) is 39.4.